The van der Waals surface area contributed by atoms with Crippen LogP contribution in [0.1, 0.15) is 37.7 Å². The summed E-state index contributed by atoms with van der Waals surface area (Å²) in [5.41, 5.74) is 5.49. The first-order valence-corrected chi connectivity index (χ1v) is 21.6. The molecule has 1 unspecified atom stereocenters. The number of carboxylic acid groups (broad SMARTS) is 2. The smallest absolute Gasteiger partial charge is 0.335 e. The third-order valence-electron chi connectivity index (χ3n) is 10.6. The molecule has 5 aromatic heterocycles. The van der Waals surface area contributed by atoms with Gasteiger partial charge in [0.25, 0.3) is 11.1 Å². The van der Waals surface area contributed by atoms with Crippen molar-refractivity contribution in [1.82, 2.24) is 38.6 Å². The third-order valence-corrected chi connectivity index (χ3v) is 11.3. The van der Waals surface area contributed by atoms with Crippen LogP contribution in [0.15, 0.2) is 124 Å². The number of aromatic carboxylic acids is 2. The van der Waals surface area contributed by atoms with E-state index in [9.17, 15) is 51.2 Å². The van der Waals surface area contributed by atoms with Crippen LogP contribution in [-0.4, -0.2) is 71.2 Å². The van der Waals surface area contributed by atoms with Crippen LogP contribution in [0.3, 0.4) is 0 Å². The van der Waals surface area contributed by atoms with Crippen molar-refractivity contribution in [2.45, 2.75) is 25.5 Å². The highest BCUT2D eigenvalue weighted by molar-refractivity contribution is 7.84. The van der Waals surface area contributed by atoms with E-state index in [-0.39, 0.29) is 62.2 Å². The van der Waals surface area contributed by atoms with Gasteiger partial charge >= 0.3 is 11.9 Å². The summed E-state index contributed by atoms with van der Waals surface area (Å²) in [6, 6.07) is 20.5. The molecule has 0 saturated carbocycles. The summed E-state index contributed by atoms with van der Waals surface area (Å²) in [5, 5.41) is 19.2. The van der Waals surface area contributed by atoms with E-state index in [4.69, 9.17) is 5.73 Å². The summed E-state index contributed by atoms with van der Waals surface area (Å²) in [7, 11) is -1.71. The van der Waals surface area contributed by atoms with Gasteiger partial charge in [0, 0.05) is 52.7 Å². The van der Waals surface area contributed by atoms with Gasteiger partial charge in [-0.05, 0) is 85.6 Å². The molecule has 342 valence electrons. The van der Waals surface area contributed by atoms with E-state index < -0.39 is 68.5 Å². The number of imidazole rings is 1. The molecule has 0 radical (unpaired) electrons. The molecule has 0 aliphatic carbocycles. The molecular formula is C47H33F4N9O7S. The minimum atomic E-state index is -1.71. The average Bonchev–Trinajstić information content (AvgIpc) is 3.79. The number of pyridine rings is 2. The minimum absolute atomic E-state index is 0.00926. The Labute approximate surface area is 382 Å². The van der Waals surface area contributed by atoms with Crippen molar-refractivity contribution >= 4 is 44.8 Å². The summed E-state index contributed by atoms with van der Waals surface area (Å²) in [4.78, 5) is 70.6. The van der Waals surface area contributed by atoms with Crippen molar-refractivity contribution in [3.63, 3.8) is 0 Å². The summed E-state index contributed by atoms with van der Waals surface area (Å²) >= 11 is 0. The van der Waals surface area contributed by atoms with Crippen molar-refractivity contribution in [3.8, 4) is 39.8 Å². The first kappa shape index (κ1) is 46.0. The Morgan fingerprint density at radius 1 is 0.647 bits per heavy atom. The SMILES string of the molecule is Cc1ccc(C(=O)O)cc1-c1nc(-n2ccnc2CN)nc2c1ccc(=O)n2-c1c(F)cccc1F.Cc1ccc(C(=O)O)cc1-c1nc(S(C)=O)nc2c1ccc(=O)n2-c1c(F)cccc1F. The van der Waals surface area contributed by atoms with Crippen LogP contribution in [0.25, 0.3) is 61.9 Å². The van der Waals surface area contributed by atoms with E-state index in [1.165, 1.54) is 59.5 Å². The predicted octanol–water partition coefficient (Wildman–Crippen LogP) is 6.85. The second kappa shape index (κ2) is 18.4. The molecule has 4 N–H and O–H groups in total. The number of hydrogen-bond acceptors (Lipinski definition) is 11. The minimum Gasteiger partial charge on any atom is -0.478 e. The number of carbonyl (C=O) groups is 2. The van der Waals surface area contributed by atoms with Gasteiger partial charge in [-0.2, -0.15) is 4.98 Å². The van der Waals surface area contributed by atoms with Gasteiger partial charge < -0.3 is 15.9 Å². The molecular weight excluding hydrogens is 911 g/mol. The Morgan fingerprint density at radius 3 is 1.54 bits per heavy atom. The number of aryl methyl sites for hydroxylation is 2. The van der Waals surface area contributed by atoms with Gasteiger partial charge in [-0.1, -0.05) is 24.3 Å². The van der Waals surface area contributed by atoms with E-state index in [2.05, 4.69) is 24.9 Å². The quantitative estimate of drug-likeness (QED) is 0.0995. The van der Waals surface area contributed by atoms with Crippen LogP contribution in [-0.2, 0) is 17.3 Å². The number of aromatic nitrogens is 8. The fourth-order valence-corrected chi connectivity index (χ4v) is 7.81. The number of nitrogens with two attached hydrogens (primary N) is 1. The predicted molar refractivity (Wildman–Crippen MR) is 242 cm³/mol. The van der Waals surface area contributed by atoms with E-state index in [0.29, 0.717) is 28.1 Å². The molecule has 16 nitrogen and oxygen atoms in total. The molecule has 1 atom stereocenters. The number of fused-ring (bicyclic) bond motifs is 2. The molecule has 0 aliphatic rings. The lowest BCUT2D eigenvalue weighted by Gasteiger charge is -2.16. The van der Waals surface area contributed by atoms with Crippen molar-refractivity contribution in [3.05, 3.63) is 182 Å². The van der Waals surface area contributed by atoms with Gasteiger partial charge in [-0.3, -0.25) is 27.5 Å². The molecule has 4 aromatic carbocycles. The topological polar surface area (TPSA) is 231 Å². The number of para-hydroxylation sites is 2. The fraction of sp³-hybridized carbons (Fsp3) is 0.0851. The average molecular weight is 944 g/mol. The maximum absolute atomic E-state index is 14.8. The zero-order valence-corrected chi connectivity index (χ0v) is 36.4. The lowest BCUT2D eigenvalue weighted by Crippen LogP contribution is -2.22. The van der Waals surface area contributed by atoms with Crippen LogP contribution >= 0.6 is 0 Å². The molecule has 9 aromatic rings. The molecule has 0 amide bonds. The lowest BCUT2D eigenvalue weighted by atomic mass is 10.00. The highest BCUT2D eigenvalue weighted by Crippen LogP contribution is 2.33. The standard InChI is InChI=1S/C25H18F2N6O3.C22H15F2N3O4S/c1-13-5-6-14(24(35)36)11-16(13)21-15-7-8-20(34)33(22-17(26)3-2-4-18(22)27)23(15)31-25(30-21)32-10-9-29-19(32)12-28;1-11-6-7-12(21(29)30)10-14(11)18-13-8-9-17(28)27(19-15(23)4-3-5-16(19)24)20(13)26-22(25-18)32(2)31/h2-11H,12,28H2,1H3,(H,35,36);3-10H,1-2H3,(H,29,30). The van der Waals surface area contributed by atoms with E-state index in [1.54, 1.807) is 32.2 Å². The zero-order chi connectivity index (χ0) is 48.7. The molecule has 9 rings (SSSR count). The maximum atomic E-state index is 14.8. The zero-order valence-electron chi connectivity index (χ0n) is 35.6. The number of hydrogen-bond donors (Lipinski definition) is 3. The van der Waals surface area contributed by atoms with Crippen LogP contribution in [0, 0.1) is 37.1 Å². The van der Waals surface area contributed by atoms with Crippen molar-refractivity contribution in [2.24, 2.45) is 5.73 Å². The highest BCUT2D eigenvalue weighted by atomic mass is 32.2. The number of nitrogens with zero attached hydrogens (tertiary/aromatic N) is 8. The Balaban J connectivity index is 0.000000185. The fourth-order valence-electron chi connectivity index (χ4n) is 7.37. The van der Waals surface area contributed by atoms with Gasteiger partial charge in [-0.25, -0.2) is 47.1 Å². The van der Waals surface area contributed by atoms with Crippen molar-refractivity contribution in [1.29, 1.82) is 0 Å². The molecule has 5 heterocycles. The van der Waals surface area contributed by atoms with Crippen molar-refractivity contribution < 1.29 is 41.6 Å². The number of halogens is 4. The van der Waals surface area contributed by atoms with Crippen LogP contribution in [0.4, 0.5) is 17.6 Å². The van der Waals surface area contributed by atoms with E-state index in [1.807, 2.05) is 0 Å². The Hall–Kier alpha value is -8.56. The van der Waals surface area contributed by atoms with E-state index >= 15 is 0 Å². The Morgan fingerprint density at radius 2 is 1.10 bits per heavy atom. The van der Waals surface area contributed by atoms with Gasteiger partial charge in [0.15, 0.2) is 11.3 Å². The number of rotatable bonds is 9. The highest BCUT2D eigenvalue weighted by Gasteiger charge is 2.24. The Bertz CT molecular complexity index is 3670. The van der Waals surface area contributed by atoms with Gasteiger partial charge in [0.05, 0.1) is 39.9 Å². The summed E-state index contributed by atoms with van der Waals surface area (Å²) in [6.45, 7) is 3.54. The molecule has 0 bridgehead atoms. The van der Waals surface area contributed by atoms with Crippen LogP contribution in [0.5, 0.6) is 0 Å². The molecule has 0 saturated heterocycles. The number of benzene rings is 4. The lowest BCUT2D eigenvalue weighted by molar-refractivity contribution is 0.0686. The first-order chi connectivity index (χ1) is 32.5. The summed E-state index contributed by atoms with van der Waals surface area (Å²) in [6.07, 6.45) is 4.36. The second-order valence-corrected chi connectivity index (χ2v) is 16.2. The first-order valence-electron chi connectivity index (χ1n) is 20.0. The van der Waals surface area contributed by atoms with Crippen LogP contribution in [0.2, 0.25) is 0 Å². The van der Waals surface area contributed by atoms with Gasteiger partial charge in [0.1, 0.15) is 40.5 Å². The molecule has 0 aliphatic heterocycles. The molecule has 21 heteroatoms. The summed E-state index contributed by atoms with van der Waals surface area (Å²) in [5.74, 6) is -5.74. The Kier molecular flexibility index (Phi) is 12.4. The van der Waals surface area contributed by atoms with E-state index in [0.717, 1.165) is 51.6 Å². The molecule has 0 fully saturated rings. The van der Waals surface area contributed by atoms with Crippen molar-refractivity contribution in [2.75, 3.05) is 6.26 Å². The molecule has 0 spiro atoms. The molecule has 68 heavy (non-hydrogen) atoms. The third kappa shape index (κ3) is 8.42. The van der Waals surface area contributed by atoms with Crippen LogP contribution < -0.4 is 16.9 Å². The monoisotopic (exact) mass is 943 g/mol. The van der Waals surface area contributed by atoms with Gasteiger partial charge in [0.2, 0.25) is 11.1 Å². The second-order valence-electron chi connectivity index (χ2n) is 14.9. The normalized spacial score (nSPS) is 11.6. The largest absolute Gasteiger partial charge is 0.478 e. The summed E-state index contributed by atoms with van der Waals surface area (Å²) < 4.78 is 74.1. The van der Waals surface area contributed by atoms with Gasteiger partial charge in [-0.15, -0.1) is 0 Å². The number of carboxylic acids is 2. The maximum Gasteiger partial charge on any atom is 0.335 e.